The summed E-state index contributed by atoms with van der Waals surface area (Å²) in [7, 11) is -4.28. The first-order valence-electron chi connectivity index (χ1n) is 14.9. The molecular formula is C34H35F5N2O6S. The van der Waals surface area contributed by atoms with Crippen molar-refractivity contribution in [2.24, 2.45) is 0 Å². The number of carboxylic acids is 1. The molecule has 258 valence electrons. The first kappa shape index (κ1) is 36.5. The van der Waals surface area contributed by atoms with Crippen molar-refractivity contribution in [3.05, 3.63) is 100 Å². The van der Waals surface area contributed by atoms with Gasteiger partial charge in [-0.2, -0.15) is 4.31 Å². The van der Waals surface area contributed by atoms with Gasteiger partial charge in [-0.25, -0.2) is 35.2 Å². The van der Waals surface area contributed by atoms with Gasteiger partial charge < -0.3 is 14.7 Å². The van der Waals surface area contributed by atoms with Crippen LogP contribution in [0.3, 0.4) is 0 Å². The van der Waals surface area contributed by atoms with Crippen LogP contribution >= 0.6 is 0 Å². The van der Waals surface area contributed by atoms with Gasteiger partial charge in [0.15, 0.2) is 28.2 Å². The van der Waals surface area contributed by atoms with Gasteiger partial charge in [-0.1, -0.05) is 45.0 Å². The van der Waals surface area contributed by atoms with Crippen molar-refractivity contribution in [1.29, 1.82) is 0 Å². The van der Waals surface area contributed by atoms with E-state index in [0.717, 1.165) is 28.9 Å². The summed E-state index contributed by atoms with van der Waals surface area (Å²) in [5, 5.41) is 9.52. The Balaban J connectivity index is 1.85. The summed E-state index contributed by atoms with van der Waals surface area (Å²) in [4.78, 5) is 24.9. The van der Waals surface area contributed by atoms with Crippen molar-refractivity contribution in [3.8, 4) is 5.75 Å². The number of sulfonamides is 1. The highest BCUT2D eigenvalue weighted by Gasteiger charge is 2.39. The maximum atomic E-state index is 14.8. The van der Waals surface area contributed by atoms with E-state index in [2.05, 4.69) is 12.6 Å². The van der Waals surface area contributed by atoms with Crippen LogP contribution in [0.25, 0.3) is 0 Å². The standard InChI is InChI=1S/C34H35F5N2O6S/c1-6-7-12-40(48(45,46)32-30(38)28(36)27(35)29(37)31(32)39)18-26(42)41(24-11-10-21(33(43)44)16-25(24)47-5)17-19-13-22(20-8-9-20)15-23(14-19)34(2,3)4/h6,10-11,13-16,20H,1,7-9,12,17-18H2,2-5H3,(H,43,44). The van der Waals surface area contributed by atoms with Gasteiger partial charge in [0.2, 0.25) is 21.7 Å². The number of rotatable bonds is 13. The molecule has 0 heterocycles. The third-order valence-electron chi connectivity index (χ3n) is 7.95. The Labute approximate surface area is 275 Å². The van der Waals surface area contributed by atoms with E-state index in [1.807, 2.05) is 32.9 Å². The number of anilines is 1. The lowest BCUT2D eigenvalue weighted by atomic mass is 9.84. The number of carboxylic acid groups (broad SMARTS) is 1. The van der Waals surface area contributed by atoms with Crippen LogP contribution in [0.4, 0.5) is 27.6 Å². The highest BCUT2D eigenvalue weighted by molar-refractivity contribution is 7.89. The molecule has 48 heavy (non-hydrogen) atoms. The number of carbonyl (C=O) groups is 2. The molecule has 0 aromatic heterocycles. The number of carbonyl (C=O) groups excluding carboxylic acids is 1. The van der Waals surface area contributed by atoms with E-state index in [-0.39, 0.29) is 35.4 Å². The average Bonchev–Trinajstić information content (AvgIpc) is 3.88. The van der Waals surface area contributed by atoms with Crippen LogP contribution in [-0.2, 0) is 26.8 Å². The molecule has 14 heteroatoms. The third kappa shape index (κ3) is 7.54. The fourth-order valence-corrected chi connectivity index (χ4v) is 6.63. The summed E-state index contributed by atoms with van der Waals surface area (Å²) < 4.78 is 104. The zero-order valence-electron chi connectivity index (χ0n) is 26.7. The Hall–Kier alpha value is -4.30. The smallest absolute Gasteiger partial charge is 0.335 e. The molecular weight excluding hydrogens is 659 g/mol. The van der Waals surface area contributed by atoms with Gasteiger partial charge in [-0.05, 0) is 65.5 Å². The van der Waals surface area contributed by atoms with Crippen LogP contribution in [0, 0.1) is 29.1 Å². The van der Waals surface area contributed by atoms with Crippen molar-refractivity contribution in [2.75, 3.05) is 25.1 Å². The lowest BCUT2D eigenvalue weighted by Gasteiger charge is -2.29. The molecule has 1 amide bonds. The molecule has 8 nitrogen and oxygen atoms in total. The predicted molar refractivity (Wildman–Crippen MR) is 168 cm³/mol. The van der Waals surface area contributed by atoms with E-state index in [4.69, 9.17) is 4.74 Å². The van der Waals surface area contributed by atoms with E-state index in [1.54, 1.807) is 0 Å². The molecule has 0 bridgehead atoms. The molecule has 0 unspecified atom stereocenters. The Bertz CT molecular complexity index is 1840. The number of aromatic carboxylic acids is 1. The van der Waals surface area contributed by atoms with Crippen LogP contribution in [0.15, 0.2) is 53.9 Å². The molecule has 4 rings (SSSR count). The van der Waals surface area contributed by atoms with Crippen LogP contribution < -0.4 is 9.64 Å². The molecule has 0 saturated heterocycles. The number of nitrogens with zero attached hydrogens (tertiary/aromatic N) is 2. The molecule has 0 spiro atoms. The van der Waals surface area contributed by atoms with Crippen LogP contribution in [0.5, 0.6) is 5.75 Å². The number of methoxy groups -OCH3 is 1. The Morgan fingerprint density at radius 1 is 0.979 bits per heavy atom. The van der Waals surface area contributed by atoms with Crippen molar-refractivity contribution in [3.63, 3.8) is 0 Å². The number of benzene rings is 3. The number of hydrogen-bond donors (Lipinski definition) is 1. The van der Waals surface area contributed by atoms with E-state index < -0.39 is 69.0 Å². The van der Waals surface area contributed by atoms with Crippen molar-refractivity contribution >= 4 is 27.6 Å². The summed E-state index contributed by atoms with van der Waals surface area (Å²) >= 11 is 0. The Morgan fingerprint density at radius 3 is 2.10 bits per heavy atom. The van der Waals surface area contributed by atoms with E-state index in [0.29, 0.717) is 15.8 Å². The van der Waals surface area contributed by atoms with Gasteiger partial charge in [0, 0.05) is 6.54 Å². The highest BCUT2D eigenvalue weighted by atomic mass is 32.2. The molecule has 1 aliphatic rings. The highest BCUT2D eigenvalue weighted by Crippen LogP contribution is 2.42. The van der Waals surface area contributed by atoms with Gasteiger partial charge in [-0.15, -0.1) is 6.58 Å². The number of ether oxygens (including phenoxy) is 1. The SMILES string of the molecule is C=CCCN(CC(=O)N(Cc1cc(C2CC2)cc(C(C)(C)C)c1)c1ccc(C(=O)O)cc1OC)S(=O)(=O)c1c(F)c(F)c(F)c(F)c1F. The van der Waals surface area contributed by atoms with Crippen LogP contribution in [0.2, 0.25) is 0 Å². The fraction of sp³-hybridized carbons (Fsp3) is 0.353. The van der Waals surface area contributed by atoms with Crippen molar-refractivity contribution in [2.45, 2.75) is 62.8 Å². The summed E-state index contributed by atoms with van der Waals surface area (Å²) in [5.41, 5.74) is 2.22. The minimum Gasteiger partial charge on any atom is -0.495 e. The second kappa shape index (κ2) is 14.0. The molecule has 0 radical (unpaired) electrons. The second-order valence-corrected chi connectivity index (χ2v) is 14.3. The zero-order valence-corrected chi connectivity index (χ0v) is 27.6. The quantitative estimate of drug-likeness (QED) is 0.0890. The van der Waals surface area contributed by atoms with Gasteiger partial charge in [0.05, 0.1) is 31.5 Å². The lowest BCUT2D eigenvalue weighted by Crippen LogP contribution is -2.44. The molecule has 3 aromatic carbocycles. The lowest BCUT2D eigenvalue weighted by molar-refractivity contribution is -0.119. The maximum absolute atomic E-state index is 14.8. The van der Waals surface area contributed by atoms with Gasteiger partial charge in [0.1, 0.15) is 5.75 Å². The largest absolute Gasteiger partial charge is 0.495 e. The first-order valence-corrected chi connectivity index (χ1v) is 16.3. The van der Waals surface area contributed by atoms with E-state index in [9.17, 15) is 45.1 Å². The van der Waals surface area contributed by atoms with Crippen LogP contribution in [0.1, 0.15) is 73.0 Å². The Kier molecular flexibility index (Phi) is 10.7. The molecule has 3 aromatic rings. The van der Waals surface area contributed by atoms with Crippen molar-refractivity contribution < 1.29 is 49.8 Å². The number of amides is 1. The van der Waals surface area contributed by atoms with Gasteiger partial charge in [0.25, 0.3) is 0 Å². The molecule has 0 aliphatic heterocycles. The summed E-state index contributed by atoms with van der Waals surface area (Å²) in [6.45, 7) is 7.64. The van der Waals surface area contributed by atoms with Crippen LogP contribution in [-0.4, -0.2) is 49.9 Å². The molecule has 1 saturated carbocycles. The van der Waals surface area contributed by atoms with E-state index in [1.165, 1.54) is 31.4 Å². The molecule has 1 aliphatic carbocycles. The second-order valence-electron chi connectivity index (χ2n) is 12.5. The molecule has 1 N–H and O–H groups in total. The normalized spacial score (nSPS) is 13.5. The third-order valence-corrected chi connectivity index (χ3v) is 9.82. The minimum atomic E-state index is -5.52. The maximum Gasteiger partial charge on any atom is 0.335 e. The number of hydrogen-bond acceptors (Lipinski definition) is 5. The van der Waals surface area contributed by atoms with Crippen molar-refractivity contribution in [1.82, 2.24) is 4.31 Å². The first-order chi connectivity index (χ1) is 22.4. The molecule has 1 fully saturated rings. The summed E-state index contributed by atoms with van der Waals surface area (Å²) in [6, 6.07) is 9.55. The average molecular weight is 695 g/mol. The van der Waals surface area contributed by atoms with E-state index >= 15 is 0 Å². The zero-order chi connectivity index (χ0) is 35.7. The van der Waals surface area contributed by atoms with Gasteiger partial charge >= 0.3 is 5.97 Å². The predicted octanol–water partition coefficient (Wildman–Crippen LogP) is 7.06. The molecule has 0 atom stereocenters. The Morgan fingerprint density at radius 2 is 1.58 bits per heavy atom. The topological polar surface area (TPSA) is 104 Å². The number of halogens is 5. The monoisotopic (exact) mass is 694 g/mol. The summed E-state index contributed by atoms with van der Waals surface area (Å²) in [6.07, 6.45) is 3.05. The van der Waals surface area contributed by atoms with Gasteiger partial charge in [-0.3, -0.25) is 4.79 Å². The summed E-state index contributed by atoms with van der Waals surface area (Å²) in [5.74, 6) is -14.6. The fourth-order valence-electron chi connectivity index (χ4n) is 5.12. The minimum absolute atomic E-state index is 0.0407.